The highest BCUT2D eigenvalue weighted by Crippen LogP contribution is 2.36. The minimum absolute atomic E-state index is 0.0613. The van der Waals surface area contributed by atoms with E-state index in [0.717, 1.165) is 18.4 Å². The van der Waals surface area contributed by atoms with E-state index in [0.29, 0.717) is 5.02 Å². The van der Waals surface area contributed by atoms with Crippen LogP contribution < -0.4 is 0 Å². The van der Waals surface area contributed by atoms with Crippen LogP contribution in [0.3, 0.4) is 0 Å². The third-order valence-corrected chi connectivity index (χ3v) is 3.71. The van der Waals surface area contributed by atoms with Gasteiger partial charge in [-0.3, -0.25) is 4.79 Å². The van der Waals surface area contributed by atoms with E-state index in [4.69, 9.17) is 11.6 Å². The van der Waals surface area contributed by atoms with E-state index < -0.39 is 6.10 Å². The summed E-state index contributed by atoms with van der Waals surface area (Å²) in [7, 11) is 0. The van der Waals surface area contributed by atoms with Crippen LogP contribution in [0.25, 0.3) is 0 Å². The molecule has 16 heavy (non-hydrogen) atoms. The molecule has 0 spiro atoms. The number of carbonyl (C=O) groups is 1. The lowest BCUT2D eigenvalue weighted by Crippen LogP contribution is -2.37. The molecule has 1 aliphatic rings. The molecule has 0 heterocycles. The van der Waals surface area contributed by atoms with Gasteiger partial charge in [0.1, 0.15) is 6.10 Å². The SMILES string of the molecule is C[C@@H]1CC[C@@H](c2ccccc2Cl)C(=O)[C@@H]1O. The van der Waals surface area contributed by atoms with Crippen molar-refractivity contribution < 1.29 is 9.90 Å². The lowest BCUT2D eigenvalue weighted by Gasteiger charge is -2.30. The summed E-state index contributed by atoms with van der Waals surface area (Å²) in [5.74, 6) is -0.266. The van der Waals surface area contributed by atoms with Gasteiger partial charge in [-0.1, -0.05) is 36.7 Å². The molecule has 0 bridgehead atoms. The van der Waals surface area contributed by atoms with Crippen LogP contribution in [-0.2, 0) is 4.79 Å². The molecule has 2 nitrogen and oxygen atoms in total. The normalized spacial score (nSPS) is 30.4. The second-order valence-electron chi connectivity index (χ2n) is 4.48. The molecule has 0 aromatic heterocycles. The summed E-state index contributed by atoms with van der Waals surface area (Å²) in [6, 6.07) is 7.37. The highest BCUT2D eigenvalue weighted by Gasteiger charge is 2.35. The maximum absolute atomic E-state index is 12.0. The zero-order chi connectivity index (χ0) is 11.7. The van der Waals surface area contributed by atoms with Gasteiger partial charge in [0.2, 0.25) is 0 Å². The number of aliphatic hydroxyl groups is 1. The Hall–Kier alpha value is -0.860. The van der Waals surface area contributed by atoms with Crippen LogP contribution in [0, 0.1) is 5.92 Å². The molecular formula is C13H15ClO2. The van der Waals surface area contributed by atoms with Crippen LogP contribution in [0.1, 0.15) is 31.2 Å². The van der Waals surface area contributed by atoms with Gasteiger partial charge in [0.15, 0.2) is 5.78 Å². The molecule has 0 amide bonds. The summed E-state index contributed by atoms with van der Waals surface area (Å²) in [5.41, 5.74) is 0.847. The van der Waals surface area contributed by atoms with Gasteiger partial charge in [-0.05, 0) is 30.4 Å². The van der Waals surface area contributed by atoms with Crippen molar-refractivity contribution in [3.8, 4) is 0 Å². The largest absolute Gasteiger partial charge is 0.385 e. The van der Waals surface area contributed by atoms with Gasteiger partial charge in [0.25, 0.3) is 0 Å². The van der Waals surface area contributed by atoms with Crippen LogP contribution in [-0.4, -0.2) is 17.0 Å². The minimum atomic E-state index is -0.838. The number of hydrogen-bond donors (Lipinski definition) is 1. The monoisotopic (exact) mass is 238 g/mol. The van der Waals surface area contributed by atoms with E-state index in [-0.39, 0.29) is 17.6 Å². The van der Waals surface area contributed by atoms with Crippen LogP contribution in [0.4, 0.5) is 0 Å². The molecule has 1 aromatic rings. The maximum atomic E-state index is 12.0. The molecule has 0 radical (unpaired) electrons. The summed E-state index contributed by atoms with van der Waals surface area (Å²) in [6.45, 7) is 1.91. The number of hydrogen-bond acceptors (Lipinski definition) is 2. The van der Waals surface area contributed by atoms with Gasteiger partial charge in [-0.2, -0.15) is 0 Å². The number of rotatable bonds is 1. The average Bonchev–Trinajstić information content (AvgIpc) is 2.28. The molecule has 2 rings (SSSR count). The van der Waals surface area contributed by atoms with Gasteiger partial charge < -0.3 is 5.11 Å². The minimum Gasteiger partial charge on any atom is -0.385 e. The quantitative estimate of drug-likeness (QED) is 0.817. The lowest BCUT2D eigenvalue weighted by molar-refractivity contribution is -0.134. The standard InChI is InChI=1S/C13H15ClO2/c1-8-6-7-10(13(16)12(8)15)9-4-2-3-5-11(9)14/h2-5,8,10,12,15H,6-7H2,1H3/t8-,10+,12-/m1/s1. The molecule has 1 aliphatic carbocycles. The van der Waals surface area contributed by atoms with Crippen molar-refractivity contribution in [1.29, 1.82) is 0 Å². The Morgan fingerprint density at radius 1 is 1.31 bits per heavy atom. The number of ketones is 1. The van der Waals surface area contributed by atoms with E-state index in [2.05, 4.69) is 0 Å². The predicted molar refractivity (Wildman–Crippen MR) is 63.6 cm³/mol. The third-order valence-electron chi connectivity index (χ3n) is 3.37. The van der Waals surface area contributed by atoms with Crippen molar-refractivity contribution in [3.63, 3.8) is 0 Å². The fraction of sp³-hybridized carbons (Fsp3) is 0.462. The average molecular weight is 239 g/mol. The van der Waals surface area contributed by atoms with Crippen molar-refractivity contribution in [1.82, 2.24) is 0 Å². The molecule has 0 saturated heterocycles. The Bertz CT molecular complexity index is 403. The molecule has 0 unspecified atom stereocenters. The van der Waals surface area contributed by atoms with E-state index in [1.165, 1.54) is 0 Å². The maximum Gasteiger partial charge on any atom is 0.169 e. The molecule has 86 valence electrons. The van der Waals surface area contributed by atoms with Gasteiger partial charge >= 0.3 is 0 Å². The summed E-state index contributed by atoms with van der Waals surface area (Å²) in [5, 5.41) is 10.4. The lowest BCUT2D eigenvalue weighted by atomic mass is 9.76. The molecule has 3 heteroatoms. The summed E-state index contributed by atoms with van der Waals surface area (Å²) in [6.07, 6.45) is 0.805. The van der Waals surface area contributed by atoms with E-state index in [1.807, 2.05) is 25.1 Å². The second-order valence-corrected chi connectivity index (χ2v) is 4.88. The highest BCUT2D eigenvalue weighted by molar-refractivity contribution is 6.31. The van der Waals surface area contributed by atoms with E-state index >= 15 is 0 Å². The molecular weight excluding hydrogens is 224 g/mol. The van der Waals surface area contributed by atoms with Crippen molar-refractivity contribution in [2.24, 2.45) is 5.92 Å². The first kappa shape index (κ1) is 11.6. The topological polar surface area (TPSA) is 37.3 Å². The second kappa shape index (κ2) is 4.56. The van der Waals surface area contributed by atoms with Crippen molar-refractivity contribution in [3.05, 3.63) is 34.9 Å². The van der Waals surface area contributed by atoms with Crippen LogP contribution in [0.5, 0.6) is 0 Å². The fourth-order valence-corrected chi connectivity index (χ4v) is 2.55. The molecule has 1 N–H and O–H groups in total. The van der Waals surface area contributed by atoms with Crippen LogP contribution in [0.2, 0.25) is 5.02 Å². The number of carbonyl (C=O) groups excluding carboxylic acids is 1. The van der Waals surface area contributed by atoms with Gasteiger partial charge in [0, 0.05) is 10.9 Å². The number of halogens is 1. The van der Waals surface area contributed by atoms with Crippen molar-refractivity contribution >= 4 is 17.4 Å². The summed E-state index contributed by atoms with van der Waals surface area (Å²) >= 11 is 6.07. The first-order chi connectivity index (χ1) is 7.61. The molecule has 1 aromatic carbocycles. The number of aliphatic hydroxyl groups excluding tert-OH is 1. The Balaban J connectivity index is 2.29. The Morgan fingerprint density at radius 3 is 2.69 bits per heavy atom. The first-order valence-corrected chi connectivity index (χ1v) is 5.95. The molecule has 0 aliphatic heterocycles. The Morgan fingerprint density at radius 2 is 2.00 bits per heavy atom. The highest BCUT2D eigenvalue weighted by atomic mass is 35.5. The van der Waals surface area contributed by atoms with Crippen molar-refractivity contribution in [2.45, 2.75) is 31.8 Å². The summed E-state index contributed by atoms with van der Waals surface area (Å²) < 4.78 is 0. The van der Waals surface area contributed by atoms with E-state index in [1.54, 1.807) is 6.07 Å². The van der Waals surface area contributed by atoms with Crippen molar-refractivity contribution in [2.75, 3.05) is 0 Å². The third kappa shape index (κ3) is 2.00. The Kier molecular flexibility index (Phi) is 3.31. The number of benzene rings is 1. The molecule has 3 atom stereocenters. The fourth-order valence-electron chi connectivity index (χ4n) is 2.28. The molecule has 1 fully saturated rings. The van der Waals surface area contributed by atoms with E-state index in [9.17, 15) is 9.90 Å². The van der Waals surface area contributed by atoms with Crippen LogP contribution >= 0.6 is 11.6 Å². The zero-order valence-electron chi connectivity index (χ0n) is 9.19. The summed E-state index contributed by atoms with van der Waals surface area (Å²) in [4.78, 5) is 12.0. The molecule has 1 saturated carbocycles. The van der Waals surface area contributed by atoms with Gasteiger partial charge in [0.05, 0.1) is 0 Å². The smallest absolute Gasteiger partial charge is 0.169 e. The first-order valence-electron chi connectivity index (χ1n) is 5.57. The zero-order valence-corrected chi connectivity index (χ0v) is 9.95. The van der Waals surface area contributed by atoms with Gasteiger partial charge in [-0.25, -0.2) is 0 Å². The Labute approximate surface area is 100 Å². The number of Topliss-reactive ketones (excluding diaryl/α,β-unsaturated/α-hetero) is 1. The predicted octanol–water partition coefficient (Wildman–Crippen LogP) is 2.78. The van der Waals surface area contributed by atoms with Gasteiger partial charge in [-0.15, -0.1) is 0 Å². The van der Waals surface area contributed by atoms with Crippen LogP contribution in [0.15, 0.2) is 24.3 Å².